The number of aliphatic hydroxyl groups excluding tert-OH is 2. The topological polar surface area (TPSA) is 107 Å². The molecule has 7 heteroatoms. The Balaban J connectivity index is 1.31. The predicted molar refractivity (Wildman–Crippen MR) is 146 cm³/mol. The van der Waals surface area contributed by atoms with Crippen LogP contribution in [0, 0.1) is 28.6 Å². The van der Waals surface area contributed by atoms with Crippen molar-refractivity contribution in [1.29, 1.82) is 0 Å². The molecule has 1 aromatic carbocycles. The highest BCUT2D eigenvalue weighted by Gasteiger charge is 2.67. The minimum Gasteiger partial charge on any atom is -0.497 e. The van der Waals surface area contributed by atoms with Crippen molar-refractivity contribution in [2.45, 2.75) is 102 Å². The molecule has 4 saturated carbocycles. The van der Waals surface area contributed by atoms with Crippen LogP contribution in [-0.2, 0) is 4.79 Å². The van der Waals surface area contributed by atoms with Crippen molar-refractivity contribution in [3.05, 3.63) is 41.5 Å². The number of carbonyl (C=O) groups excluding carboxylic acids is 2. The van der Waals surface area contributed by atoms with Crippen molar-refractivity contribution in [1.82, 2.24) is 4.90 Å². The highest BCUT2D eigenvalue weighted by Crippen LogP contribution is 2.68. The smallest absolute Gasteiger partial charge is 0.254 e. The van der Waals surface area contributed by atoms with Gasteiger partial charge in [0.15, 0.2) is 5.78 Å². The average molecular weight is 538 g/mol. The van der Waals surface area contributed by atoms with Gasteiger partial charge in [-0.25, -0.2) is 0 Å². The fourth-order valence-electron chi connectivity index (χ4n) is 9.30. The Morgan fingerprint density at radius 1 is 1.03 bits per heavy atom. The van der Waals surface area contributed by atoms with Gasteiger partial charge in [-0.05, 0) is 111 Å². The van der Waals surface area contributed by atoms with Gasteiger partial charge in [-0.1, -0.05) is 13.8 Å². The lowest BCUT2D eigenvalue weighted by Gasteiger charge is -2.60. The van der Waals surface area contributed by atoms with E-state index in [1.54, 1.807) is 13.2 Å². The van der Waals surface area contributed by atoms with E-state index in [9.17, 15) is 24.9 Å². The fourth-order valence-corrected chi connectivity index (χ4v) is 9.30. The molecule has 39 heavy (non-hydrogen) atoms. The van der Waals surface area contributed by atoms with Crippen LogP contribution < -0.4 is 4.74 Å². The number of hydrogen-bond acceptors (Lipinski definition) is 6. The number of ketones is 1. The van der Waals surface area contributed by atoms with Crippen LogP contribution in [0.1, 0.15) is 82.5 Å². The number of nitrogens with zero attached hydrogens (tertiary/aromatic N) is 1. The molecule has 2 unspecified atom stereocenters. The molecule has 0 saturated heterocycles. The van der Waals surface area contributed by atoms with Gasteiger partial charge < -0.3 is 25.0 Å². The Hall–Kier alpha value is -2.22. The van der Waals surface area contributed by atoms with Crippen molar-refractivity contribution in [3.63, 3.8) is 0 Å². The zero-order valence-corrected chi connectivity index (χ0v) is 23.6. The molecule has 3 N–H and O–H groups in total. The molecule has 0 aliphatic heterocycles. The highest BCUT2D eigenvalue weighted by molar-refractivity contribution is 5.95. The molecular formula is C32H43NO6. The summed E-state index contributed by atoms with van der Waals surface area (Å²) in [6.45, 7) is 6.38. The largest absolute Gasteiger partial charge is 0.497 e. The number of fused-ring (bicyclic) bond motifs is 5. The second-order valence-electron chi connectivity index (χ2n) is 13.6. The summed E-state index contributed by atoms with van der Waals surface area (Å²) in [4.78, 5) is 29.3. The van der Waals surface area contributed by atoms with Gasteiger partial charge in [0.05, 0.1) is 24.9 Å². The summed E-state index contributed by atoms with van der Waals surface area (Å²) in [6, 6.07) is 7.45. The molecular weight excluding hydrogens is 494 g/mol. The molecule has 1 aromatic rings. The molecule has 0 spiro atoms. The van der Waals surface area contributed by atoms with Crippen molar-refractivity contribution >= 4 is 11.7 Å². The first-order chi connectivity index (χ1) is 18.4. The van der Waals surface area contributed by atoms with E-state index >= 15 is 0 Å². The lowest BCUT2D eigenvalue weighted by atomic mass is 9.46. The SMILES string of the molecule is COc1ccc(C(=O)N(C2CC2)C(C)[C@H]2CC[C@@]3(O)C4=CC(=O)[C@@H]5C[C@@H](O)[C@@H](O)C[C@]5(C)C4CC[C@]23C)cc1. The summed E-state index contributed by atoms with van der Waals surface area (Å²) in [5.41, 5.74) is -0.603. The zero-order chi connectivity index (χ0) is 27.9. The van der Waals surface area contributed by atoms with Crippen molar-refractivity contribution < 1.29 is 29.6 Å². The maximum atomic E-state index is 13.8. The van der Waals surface area contributed by atoms with Gasteiger partial charge in [0, 0.05) is 29.0 Å². The van der Waals surface area contributed by atoms with E-state index in [2.05, 4.69) is 25.7 Å². The van der Waals surface area contributed by atoms with E-state index in [-0.39, 0.29) is 47.9 Å². The number of ether oxygens (including phenoxy) is 1. The Morgan fingerprint density at radius 3 is 2.36 bits per heavy atom. The first-order valence-corrected chi connectivity index (χ1v) is 14.8. The van der Waals surface area contributed by atoms with Crippen LogP contribution >= 0.6 is 0 Å². The van der Waals surface area contributed by atoms with E-state index in [0.717, 1.165) is 37.7 Å². The fraction of sp³-hybridized carbons (Fsp3) is 0.688. The third-order valence-electron chi connectivity index (χ3n) is 11.7. The summed E-state index contributed by atoms with van der Waals surface area (Å²) in [5.74, 6) is 0.465. The first kappa shape index (κ1) is 27.0. The minimum absolute atomic E-state index is 0.00468. The van der Waals surface area contributed by atoms with Gasteiger partial charge in [-0.3, -0.25) is 9.59 Å². The molecule has 0 radical (unpaired) electrons. The molecule has 4 fully saturated rings. The van der Waals surface area contributed by atoms with Gasteiger partial charge in [0.25, 0.3) is 5.91 Å². The summed E-state index contributed by atoms with van der Waals surface area (Å²) >= 11 is 0. The van der Waals surface area contributed by atoms with Gasteiger partial charge in [-0.2, -0.15) is 0 Å². The molecule has 7 nitrogen and oxygen atoms in total. The molecule has 5 aliphatic rings. The average Bonchev–Trinajstić information content (AvgIpc) is 3.69. The quantitative estimate of drug-likeness (QED) is 0.526. The van der Waals surface area contributed by atoms with Gasteiger partial charge >= 0.3 is 0 Å². The summed E-state index contributed by atoms with van der Waals surface area (Å²) in [7, 11) is 1.61. The number of rotatable bonds is 5. The number of carbonyl (C=O) groups is 2. The lowest BCUT2D eigenvalue weighted by molar-refractivity contribution is -0.153. The summed E-state index contributed by atoms with van der Waals surface area (Å²) in [6.07, 6.45) is 5.57. The summed E-state index contributed by atoms with van der Waals surface area (Å²) in [5, 5.41) is 33.4. The van der Waals surface area contributed by atoms with E-state index < -0.39 is 28.6 Å². The van der Waals surface area contributed by atoms with Crippen molar-refractivity contribution in [2.24, 2.45) is 28.6 Å². The Labute approximate surface area is 231 Å². The number of amides is 1. The number of allylic oxidation sites excluding steroid dienone is 1. The van der Waals surface area contributed by atoms with Gasteiger partial charge in [0.2, 0.25) is 0 Å². The maximum Gasteiger partial charge on any atom is 0.254 e. The Morgan fingerprint density at radius 2 is 1.72 bits per heavy atom. The van der Waals surface area contributed by atoms with E-state index in [4.69, 9.17) is 4.74 Å². The first-order valence-electron chi connectivity index (χ1n) is 14.8. The second kappa shape index (κ2) is 9.15. The third-order valence-corrected chi connectivity index (χ3v) is 11.7. The minimum atomic E-state index is -1.13. The highest BCUT2D eigenvalue weighted by atomic mass is 16.5. The lowest BCUT2D eigenvalue weighted by Crippen LogP contribution is -2.61. The van der Waals surface area contributed by atoms with Crippen LogP contribution in [0.2, 0.25) is 0 Å². The number of aliphatic hydroxyl groups is 3. The van der Waals surface area contributed by atoms with E-state index in [1.165, 1.54) is 0 Å². The van der Waals surface area contributed by atoms with Crippen LogP contribution in [0.25, 0.3) is 0 Å². The molecule has 1 amide bonds. The maximum absolute atomic E-state index is 13.8. The molecule has 6 rings (SSSR count). The zero-order valence-electron chi connectivity index (χ0n) is 23.6. The Kier molecular flexibility index (Phi) is 6.33. The summed E-state index contributed by atoms with van der Waals surface area (Å²) < 4.78 is 5.28. The van der Waals surface area contributed by atoms with E-state index in [1.807, 2.05) is 24.3 Å². The van der Waals surface area contributed by atoms with Crippen LogP contribution in [0.15, 0.2) is 35.9 Å². The number of hydrogen-bond donors (Lipinski definition) is 3. The Bertz CT molecular complexity index is 1190. The molecule has 0 aromatic heterocycles. The van der Waals surface area contributed by atoms with Crippen LogP contribution in [0.3, 0.4) is 0 Å². The standard InChI is InChI=1S/C32H43NO6/c1-18(33(20-7-8-20)29(37)19-5-9-21(39-4)10-6-19)22-12-14-32(38)24-15-26(34)25-16-27(35)28(36)17-30(25,2)23(24)11-13-31(22,32)3/h5-6,9-10,15,18,20,22-23,25,27-28,35-36,38H,7-8,11-14,16-17H2,1-4H3/t18?,22-,23?,25+,27-,28+,30-,31-,32-/m1/s1. The normalized spacial score (nSPS) is 42.1. The second-order valence-corrected chi connectivity index (χ2v) is 13.6. The predicted octanol–water partition coefficient (Wildman–Crippen LogP) is 3.89. The van der Waals surface area contributed by atoms with Crippen molar-refractivity contribution in [3.8, 4) is 5.75 Å². The monoisotopic (exact) mass is 537 g/mol. The van der Waals surface area contributed by atoms with Crippen molar-refractivity contribution in [2.75, 3.05) is 7.11 Å². The van der Waals surface area contributed by atoms with Crippen LogP contribution in [0.5, 0.6) is 5.75 Å². The van der Waals surface area contributed by atoms with Gasteiger partial charge in [0.1, 0.15) is 5.75 Å². The van der Waals surface area contributed by atoms with E-state index in [0.29, 0.717) is 24.2 Å². The molecule has 5 aliphatic carbocycles. The number of methoxy groups -OCH3 is 1. The molecule has 9 atom stereocenters. The molecule has 0 heterocycles. The number of benzene rings is 1. The molecule has 212 valence electrons. The molecule has 0 bridgehead atoms. The van der Waals surface area contributed by atoms with Gasteiger partial charge in [-0.15, -0.1) is 0 Å². The third kappa shape index (κ3) is 3.86. The van der Waals surface area contributed by atoms with Crippen LogP contribution in [-0.4, -0.2) is 68.9 Å². The van der Waals surface area contributed by atoms with Crippen LogP contribution in [0.4, 0.5) is 0 Å².